The van der Waals surface area contributed by atoms with Crippen LogP contribution in [0.4, 0.5) is 0 Å². The molecule has 0 bridgehead atoms. The van der Waals surface area contributed by atoms with Crippen LogP contribution in [0.3, 0.4) is 0 Å². The standard InChI is InChI=1S/C26H28N4O/c27-18-20-5-3-6-21(17-20)19-30-12-11-23-24(9-4-10-25(23)30)26(31)29-15-13-28(14-16-29)22-7-1-2-8-22/h3-6,9-12,17,22H,1-2,7-8,13-16,19H2. The van der Waals surface area contributed by atoms with Crippen molar-refractivity contribution in [1.82, 2.24) is 14.4 Å². The molecule has 1 aromatic heterocycles. The summed E-state index contributed by atoms with van der Waals surface area (Å²) >= 11 is 0. The Kier molecular flexibility index (Phi) is 5.48. The number of nitrogens with zero attached hydrogens (tertiary/aromatic N) is 4. The number of aromatic nitrogens is 1. The molecule has 2 fully saturated rings. The van der Waals surface area contributed by atoms with E-state index in [2.05, 4.69) is 21.6 Å². The van der Waals surface area contributed by atoms with E-state index in [1.807, 2.05) is 53.6 Å². The number of carbonyl (C=O) groups excluding carboxylic acids is 1. The van der Waals surface area contributed by atoms with Crippen LogP contribution in [-0.4, -0.2) is 52.5 Å². The number of fused-ring (bicyclic) bond motifs is 1. The molecule has 1 aliphatic carbocycles. The average Bonchev–Trinajstić information content (AvgIpc) is 3.50. The highest BCUT2D eigenvalue weighted by Gasteiger charge is 2.28. The molecule has 3 aromatic rings. The molecule has 1 amide bonds. The van der Waals surface area contributed by atoms with Gasteiger partial charge in [0.15, 0.2) is 0 Å². The molecule has 1 aliphatic heterocycles. The van der Waals surface area contributed by atoms with E-state index < -0.39 is 0 Å². The Morgan fingerprint density at radius 2 is 1.77 bits per heavy atom. The predicted molar refractivity (Wildman–Crippen MR) is 122 cm³/mol. The molecule has 1 saturated heterocycles. The van der Waals surface area contributed by atoms with Gasteiger partial charge in [-0.05, 0) is 48.7 Å². The number of hydrogen-bond donors (Lipinski definition) is 0. The van der Waals surface area contributed by atoms with Crippen LogP contribution in [0.2, 0.25) is 0 Å². The fourth-order valence-electron chi connectivity index (χ4n) is 5.21. The van der Waals surface area contributed by atoms with Gasteiger partial charge >= 0.3 is 0 Å². The van der Waals surface area contributed by atoms with Crippen LogP contribution in [0.1, 0.15) is 47.2 Å². The van der Waals surface area contributed by atoms with Gasteiger partial charge in [0, 0.05) is 61.4 Å². The second kappa shape index (κ2) is 8.56. The fraction of sp³-hybridized carbons (Fsp3) is 0.385. The number of piperazine rings is 1. The van der Waals surface area contributed by atoms with Gasteiger partial charge in [-0.2, -0.15) is 5.26 Å². The topological polar surface area (TPSA) is 52.3 Å². The maximum atomic E-state index is 13.4. The lowest BCUT2D eigenvalue weighted by Gasteiger charge is -2.38. The van der Waals surface area contributed by atoms with E-state index in [-0.39, 0.29) is 5.91 Å². The van der Waals surface area contributed by atoms with Crippen molar-refractivity contribution >= 4 is 16.8 Å². The molecule has 31 heavy (non-hydrogen) atoms. The number of nitriles is 1. The first-order valence-electron chi connectivity index (χ1n) is 11.3. The third-order valence-electron chi connectivity index (χ3n) is 6.90. The SMILES string of the molecule is N#Cc1cccc(Cn2ccc3c(C(=O)N4CCN(C5CCCC5)CC4)cccc32)c1. The summed E-state index contributed by atoms with van der Waals surface area (Å²) in [6.45, 7) is 4.28. The summed E-state index contributed by atoms with van der Waals surface area (Å²) in [5.41, 5.74) is 3.59. The minimum atomic E-state index is 0.140. The van der Waals surface area contributed by atoms with Gasteiger partial charge in [0.2, 0.25) is 0 Å². The van der Waals surface area contributed by atoms with Crippen LogP contribution in [0.5, 0.6) is 0 Å². The van der Waals surface area contributed by atoms with Gasteiger partial charge in [-0.3, -0.25) is 9.69 Å². The van der Waals surface area contributed by atoms with E-state index in [1.54, 1.807) is 0 Å². The monoisotopic (exact) mass is 412 g/mol. The van der Waals surface area contributed by atoms with Crippen LogP contribution in [0.25, 0.3) is 10.9 Å². The van der Waals surface area contributed by atoms with Gasteiger partial charge in [0.25, 0.3) is 5.91 Å². The molecule has 0 atom stereocenters. The van der Waals surface area contributed by atoms with Gasteiger partial charge in [-0.25, -0.2) is 0 Å². The summed E-state index contributed by atoms with van der Waals surface area (Å²) in [6, 6.07) is 18.7. The van der Waals surface area contributed by atoms with E-state index in [4.69, 9.17) is 5.26 Å². The zero-order valence-electron chi connectivity index (χ0n) is 17.8. The zero-order valence-corrected chi connectivity index (χ0v) is 17.8. The Bertz CT molecular complexity index is 1130. The summed E-state index contributed by atoms with van der Waals surface area (Å²) in [5, 5.41) is 10.2. The first kappa shape index (κ1) is 19.8. The van der Waals surface area contributed by atoms with E-state index >= 15 is 0 Å². The molecular weight excluding hydrogens is 384 g/mol. The Morgan fingerprint density at radius 3 is 2.55 bits per heavy atom. The summed E-state index contributed by atoms with van der Waals surface area (Å²) in [5.74, 6) is 0.140. The Morgan fingerprint density at radius 1 is 1.00 bits per heavy atom. The molecule has 0 N–H and O–H groups in total. The van der Waals surface area contributed by atoms with Crippen molar-refractivity contribution in [3.05, 3.63) is 71.4 Å². The fourth-order valence-corrected chi connectivity index (χ4v) is 5.21. The maximum absolute atomic E-state index is 13.4. The highest BCUT2D eigenvalue weighted by Crippen LogP contribution is 2.26. The third-order valence-corrected chi connectivity index (χ3v) is 6.90. The summed E-state index contributed by atoms with van der Waals surface area (Å²) < 4.78 is 2.15. The highest BCUT2D eigenvalue weighted by atomic mass is 16.2. The van der Waals surface area contributed by atoms with E-state index in [0.717, 1.165) is 54.3 Å². The van der Waals surface area contributed by atoms with Crippen LogP contribution in [0, 0.1) is 11.3 Å². The van der Waals surface area contributed by atoms with Crippen molar-refractivity contribution in [2.75, 3.05) is 26.2 Å². The maximum Gasteiger partial charge on any atom is 0.254 e. The Hall–Kier alpha value is -3.10. The normalized spacial score (nSPS) is 17.8. The highest BCUT2D eigenvalue weighted by molar-refractivity contribution is 6.06. The molecule has 2 aliphatic rings. The molecule has 1 saturated carbocycles. The lowest BCUT2D eigenvalue weighted by atomic mass is 10.1. The van der Waals surface area contributed by atoms with Crippen molar-refractivity contribution in [1.29, 1.82) is 5.26 Å². The first-order chi connectivity index (χ1) is 15.2. The van der Waals surface area contributed by atoms with Crippen molar-refractivity contribution in [2.45, 2.75) is 38.3 Å². The number of amides is 1. The van der Waals surface area contributed by atoms with Gasteiger partial charge in [0.1, 0.15) is 0 Å². The molecular formula is C26H28N4O. The summed E-state index contributed by atoms with van der Waals surface area (Å²) in [6.07, 6.45) is 7.38. The first-order valence-corrected chi connectivity index (χ1v) is 11.3. The van der Waals surface area contributed by atoms with E-state index in [0.29, 0.717) is 12.1 Å². The molecule has 2 heterocycles. The lowest BCUT2D eigenvalue weighted by Crippen LogP contribution is -2.51. The van der Waals surface area contributed by atoms with Gasteiger partial charge in [0.05, 0.1) is 11.6 Å². The molecule has 0 spiro atoms. The molecule has 0 radical (unpaired) electrons. The minimum absolute atomic E-state index is 0.140. The summed E-state index contributed by atoms with van der Waals surface area (Å²) in [4.78, 5) is 18.0. The summed E-state index contributed by atoms with van der Waals surface area (Å²) in [7, 11) is 0. The van der Waals surface area contributed by atoms with Crippen LogP contribution >= 0.6 is 0 Å². The largest absolute Gasteiger partial charge is 0.343 e. The smallest absolute Gasteiger partial charge is 0.254 e. The van der Waals surface area contributed by atoms with Crippen molar-refractivity contribution < 1.29 is 4.79 Å². The third kappa shape index (κ3) is 3.96. The van der Waals surface area contributed by atoms with Crippen LogP contribution < -0.4 is 0 Å². The molecule has 0 unspecified atom stereocenters. The second-order valence-corrected chi connectivity index (χ2v) is 8.76. The average molecular weight is 413 g/mol. The van der Waals surface area contributed by atoms with Crippen molar-refractivity contribution in [2.24, 2.45) is 0 Å². The Balaban J connectivity index is 1.33. The van der Waals surface area contributed by atoms with E-state index in [9.17, 15) is 4.79 Å². The van der Waals surface area contributed by atoms with Crippen molar-refractivity contribution in [3.8, 4) is 6.07 Å². The van der Waals surface area contributed by atoms with Crippen molar-refractivity contribution in [3.63, 3.8) is 0 Å². The molecule has 158 valence electrons. The quantitative estimate of drug-likeness (QED) is 0.643. The molecule has 5 nitrogen and oxygen atoms in total. The number of rotatable bonds is 4. The Labute approximate surface area is 183 Å². The number of carbonyl (C=O) groups is 1. The minimum Gasteiger partial charge on any atom is -0.343 e. The predicted octanol–water partition coefficient (Wildman–Crippen LogP) is 4.26. The van der Waals surface area contributed by atoms with Crippen LogP contribution in [0.15, 0.2) is 54.7 Å². The zero-order chi connectivity index (χ0) is 21.2. The second-order valence-electron chi connectivity index (χ2n) is 8.76. The molecule has 5 heteroatoms. The van der Waals surface area contributed by atoms with Gasteiger partial charge in [-0.15, -0.1) is 0 Å². The molecule has 2 aromatic carbocycles. The van der Waals surface area contributed by atoms with E-state index in [1.165, 1.54) is 25.7 Å². The lowest BCUT2D eigenvalue weighted by molar-refractivity contribution is 0.0575. The van der Waals surface area contributed by atoms with Gasteiger partial charge < -0.3 is 9.47 Å². The van der Waals surface area contributed by atoms with Crippen LogP contribution in [-0.2, 0) is 6.54 Å². The van der Waals surface area contributed by atoms with Gasteiger partial charge in [-0.1, -0.05) is 31.0 Å². The molecule has 5 rings (SSSR count). The number of benzene rings is 2. The number of hydrogen-bond acceptors (Lipinski definition) is 3.